The first-order chi connectivity index (χ1) is 13.0. The average molecular weight is 388 g/mol. The predicted molar refractivity (Wildman–Crippen MR) is 97.9 cm³/mol. The van der Waals surface area contributed by atoms with Gasteiger partial charge in [-0.25, -0.2) is 8.42 Å². The molecule has 2 N–H and O–H groups in total. The Morgan fingerprint density at radius 1 is 1.04 bits per heavy atom. The fourth-order valence-electron chi connectivity index (χ4n) is 3.43. The monoisotopic (exact) mass is 388 g/mol. The number of sulfonamides is 1. The zero-order valence-corrected chi connectivity index (χ0v) is 15.4. The summed E-state index contributed by atoms with van der Waals surface area (Å²) in [4.78, 5) is 12.1. The van der Waals surface area contributed by atoms with Crippen LogP contribution in [-0.2, 0) is 27.8 Å². The fourth-order valence-corrected chi connectivity index (χ4v) is 5.02. The number of benzene rings is 2. The summed E-state index contributed by atoms with van der Waals surface area (Å²) in [6.07, 6.45) is 0.985. The van der Waals surface area contributed by atoms with Crippen LogP contribution in [0.1, 0.15) is 17.5 Å². The van der Waals surface area contributed by atoms with Gasteiger partial charge >= 0.3 is 0 Å². The number of carbonyl (C=O) groups excluding carboxylic acids is 1. The van der Waals surface area contributed by atoms with E-state index in [1.807, 2.05) is 24.3 Å². The van der Waals surface area contributed by atoms with Gasteiger partial charge in [0.15, 0.2) is 11.5 Å². The molecule has 2 aromatic carbocycles. The molecule has 2 heterocycles. The summed E-state index contributed by atoms with van der Waals surface area (Å²) in [5.74, 6) is 0.242. The maximum Gasteiger partial charge on any atom is 0.244 e. The third kappa shape index (κ3) is 3.26. The minimum absolute atomic E-state index is 0.0531. The van der Waals surface area contributed by atoms with E-state index >= 15 is 0 Å². The first-order valence-corrected chi connectivity index (χ1v) is 10.2. The van der Waals surface area contributed by atoms with Crippen LogP contribution in [-0.4, -0.2) is 37.9 Å². The van der Waals surface area contributed by atoms with Gasteiger partial charge in [-0.3, -0.25) is 4.79 Å². The Kier molecular flexibility index (Phi) is 4.53. The van der Waals surface area contributed by atoms with E-state index < -0.39 is 22.0 Å². The van der Waals surface area contributed by atoms with Gasteiger partial charge in [-0.1, -0.05) is 24.3 Å². The SMILES string of the molecule is NC(=O)[C@@H]1Cc2ccccc2CN1S(=O)(=O)c1ccc2c(c1)OCCCO2. The van der Waals surface area contributed by atoms with Crippen LogP contribution in [0.4, 0.5) is 0 Å². The Hall–Kier alpha value is -2.58. The van der Waals surface area contributed by atoms with E-state index in [1.54, 1.807) is 6.07 Å². The number of amides is 1. The Labute approximate surface area is 157 Å². The van der Waals surface area contributed by atoms with Gasteiger partial charge in [-0.2, -0.15) is 4.31 Å². The van der Waals surface area contributed by atoms with Crippen molar-refractivity contribution in [1.29, 1.82) is 0 Å². The number of primary amides is 1. The van der Waals surface area contributed by atoms with E-state index in [-0.39, 0.29) is 17.9 Å². The second-order valence-corrected chi connectivity index (χ2v) is 8.49. The van der Waals surface area contributed by atoms with Crippen LogP contribution < -0.4 is 15.2 Å². The molecule has 0 saturated heterocycles. The van der Waals surface area contributed by atoms with Gasteiger partial charge in [-0.15, -0.1) is 0 Å². The van der Waals surface area contributed by atoms with Gasteiger partial charge in [0.25, 0.3) is 0 Å². The summed E-state index contributed by atoms with van der Waals surface area (Å²) in [6, 6.07) is 11.1. The zero-order chi connectivity index (χ0) is 19.0. The third-order valence-corrected chi connectivity index (χ3v) is 6.71. The normalized spacial score (nSPS) is 19.8. The third-order valence-electron chi connectivity index (χ3n) is 4.86. The molecule has 2 aromatic rings. The molecule has 1 amide bonds. The molecule has 0 unspecified atom stereocenters. The van der Waals surface area contributed by atoms with Gasteiger partial charge in [0.05, 0.1) is 18.1 Å². The molecule has 2 aliphatic rings. The number of nitrogens with zero attached hydrogens (tertiary/aromatic N) is 1. The number of hydrogen-bond donors (Lipinski definition) is 1. The molecular weight excluding hydrogens is 368 g/mol. The highest BCUT2D eigenvalue weighted by Crippen LogP contribution is 2.35. The van der Waals surface area contributed by atoms with Crippen LogP contribution in [0.3, 0.4) is 0 Å². The summed E-state index contributed by atoms with van der Waals surface area (Å²) in [7, 11) is -3.95. The lowest BCUT2D eigenvalue weighted by atomic mass is 9.96. The molecule has 7 nitrogen and oxygen atoms in total. The van der Waals surface area contributed by atoms with Crippen molar-refractivity contribution in [3.63, 3.8) is 0 Å². The fraction of sp³-hybridized carbons (Fsp3) is 0.316. The van der Waals surface area contributed by atoms with Crippen LogP contribution in [0.2, 0.25) is 0 Å². The first-order valence-electron chi connectivity index (χ1n) is 8.74. The average Bonchev–Trinajstić information content (AvgIpc) is 2.91. The van der Waals surface area contributed by atoms with E-state index in [9.17, 15) is 13.2 Å². The number of hydrogen-bond acceptors (Lipinski definition) is 5. The molecule has 8 heteroatoms. The van der Waals surface area contributed by atoms with Crippen LogP contribution >= 0.6 is 0 Å². The standard InChI is InChI=1S/C19H20N2O5S/c20-19(22)16-10-13-4-1-2-5-14(13)12-21(16)27(23,24)15-6-7-17-18(11-15)26-9-3-8-25-17/h1-2,4-7,11,16H,3,8-10,12H2,(H2,20,22)/t16-/m0/s1. The highest BCUT2D eigenvalue weighted by atomic mass is 32.2. The smallest absolute Gasteiger partial charge is 0.244 e. The zero-order valence-electron chi connectivity index (χ0n) is 14.6. The molecule has 4 rings (SSSR count). The van der Waals surface area contributed by atoms with E-state index in [0.29, 0.717) is 24.7 Å². The summed E-state index contributed by atoms with van der Waals surface area (Å²) >= 11 is 0. The molecule has 0 spiro atoms. The van der Waals surface area contributed by atoms with Gasteiger partial charge in [0, 0.05) is 19.0 Å². The maximum absolute atomic E-state index is 13.3. The van der Waals surface area contributed by atoms with Gasteiger partial charge in [0.2, 0.25) is 15.9 Å². The van der Waals surface area contributed by atoms with Gasteiger partial charge in [0.1, 0.15) is 6.04 Å². The van der Waals surface area contributed by atoms with Crippen molar-refractivity contribution in [1.82, 2.24) is 4.31 Å². The largest absolute Gasteiger partial charge is 0.490 e. The summed E-state index contributed by atoms with van der Waals surface area (Å²) in [5, 5.41) is 0. The van der Waals surface area contributed by atoms with Crippen LogP contribution in [0.5, 0.6) is 11.5 Å². The Balaban J connectivity index is 1.74. The number of fused-ring (bicyclic) bond motifs is 2. The van der Waals surface area contributed by atoms with Crippen LogP contribution in [0, 0.1) is 0 Å². The van der Waals surface area contributed by atoms with E-state index in [2.05, 4.69) is 0 Å². The maximum atomic E-state index is 13.3. The topological polar surface area (TPSA) is 98.9 Å². The van der Waals surface area contributed by atoms with Crippen molar-refractivity contribution in [3.8, 4) is 11.5 Å². The molecule has 0 bridgehead atoms. The number of ether oxygens (including phenoxy) is 2. The molecular formula is C19H20N2O5S. The molecule has 0 aliphatic carbocycles. The second kappa shape index (κ2) is 6.86. The van der Waals surface area contributed by atoms with Crippen molar-refractivity contribution in [2.75, 3.05) is 13.2 Å². The van der Waals surface area contributed by atoms with Gasteiger partial charge < -0.3 is 15.2 Å². The molecule has 0 fully saturated rings. The summed E-state index contributed by atoms with van der Waals surface area (Å²) < 4.78 is 39.0. The van der Waals surface area contributed by atoms with Crippen molar-refractivity contribution < 1.29 is 22.7 Å². The predicted octanol–water partition coefficient (Wildman–Crippen LogP) is 1.45. The number of nitrogens with two attached hydrogens (primary N) is 1. The molecule has 0 aromatic heterocycles. The Morgan fingerprint density at radius 3 is 2.48 bits per heavy atom. The van der Waals surface area contributed by atoms with E-state index in [1.165, 1.54) is 16.4 Å². The van der Waals surface area contributed by atoms with E-state index in [0.717, 1.165) is 17.5 Å². The Morgan fingerprint density at radius 2 is 1.74 bits per heavy atom. The lowest BCUT2D eigenvalue weighted by Crippen LogP contribution is -2.50. The summed E-state index contributed by atoms with van der Waals surface area (Å²) in [6.45, 7) is 1.07. The quantitative estimate of drug-likeness (QED) is 0.858. The number of rotatable bonds is 3. The van der Waals surface area contributed by atoms with Crippen molar-refractivity contribution in [3.05, 3.63) is 53.6 Å². The molecule has 142 valence electrons. The molecule has 2 aliphatic heterocycles. The van der Waals surface area contributed by atoms with Gasteiger partial charge in [-0.05, 0) is 29.7 Å². The highest BCUT2D eigenvalue weighted by Gasteiger charge is 2.39. The van der Waals surface area contributed by atoms with Crippen molar-refractivity contribution >= 4 is 15.9 Å². The summed E-state index contributed by atoms with van der Waals surface area (Å²) in [5.41, 5.74) is 7.34. The van der Waals surface area contributed by atoms with Crippen LogP contribution in [0.15, 0.2) is 47.4 Å². The molecule has 1 atom stereocenters. The highest BCUT2D eigenvalue weighted by molar-refractivity contribution is 7.89. The Bertz CT molecular complexity index is 989. The first kappa shape index (κ1) is 17.8. The van der Waals surface area contributed by atoms with Crippen molar-refractivity contribution in [2.45, 2.75) is 30.3 Å². The van der Waals surface area contributed by atoms with E-state index in [4.69, 9.17) is 15.2 Å². The van der Waals surface area contributed by atoms with Crippen LogP contribution in [0.25, 0.3) is 0 Å². The van der Waals surface area contributed by atoms with Crippen molar-refractivity contribution in [2.24, 2.45) is 5.73 Å². The minimum Gasteiger partial charge on any atom is -0.490 e. The molecule has 0 radical (unpaired) electrons. The molecule has 27 heavy (non-hydrogen) atoms. The second-order valence-electron chi connectivity index (χ2n) is 6.60. The molecule has 0 saturated carbocycles. The minimum atomic E-state index is -3.95. The lowest BCUT2D eigenvalue weighted by molar-refractivity contribution is -0.122. The lowest BCUT2D eigenvalue weighted by Gasteiger charge is -2.34. The number of carbonyl (C=O) groups is 1.